The van der Waals surface area contributed by atoms with Crippen molar-refractivity contribution in [2.45, 2.75) is 97.2 Å². The molecule has 0 spiro atoms. The van der Waals surface area contributed by atoms with Crippen LogP contribution in [0.1, 0.15) is 90.2 Å². The Balaban J connectivity index is 1.07. The smallest absolute Gasteiger partial charge is 0.425 e. The lowest BCUT2D eigenvalue weighted by Gasteiger charge is -2.36. The summed E-state index contributed by atoms with van der Waals surface area (Å²) in [5, 5.41) is 4.06. The van der Waals surface area contributed by atoms with E-state index in [4.69, 9.17) is 19.5 Å². The molecule has 6 rings (SSSR count). The summed E-state index contributed by atoms with van der Waals surface area (Å²) >= 11 is 0. The molecule has 3 heterocycles. The second-order valence-corrected chi connectivity index (χ2v) is 15.6. The number of amides is 4. The maximum atomic E-state index is 15.8. The van der Waals surface area contributed by atoms with Gasteiger partial charge in [-0.2, -0.15) is 0 Å². The van der Waals surface area contributed by atoms with E-state index in [2.05, 4.69) is 10.7 Å². The average molecular weight is 769 g/mol. The minimum absolute atomic E-state index is 0.0723. The van der Waals surface area contributed by atoms with E-state index in [1.165, 1.54) is 19.2 Å². The molecule has 0 bridgehead atoms. The Bertz CT molecular complexity index is 1950. The van der Waals surface area contributed by atoms with Gasteiger partial charge in [-0.25, -0.2) is 24.4 Å². The third-order valence-electron chi connectivity index (χ3n) is 11.4. The molecule has 1 saturated carbocycles. The molecule has 2 aromatic carbocycles. The molecular weight excluding hydrogens is 716 g/mol. The summed E-state index contributed by atoms with van der Waals surface area (Å²) in [5.74, 6) is -1.12. The predicted octanol–water partition coefficient (Wildman–Crippen LogP) is 7.55. The fraction of sp³-hybridized carbons (Fsp3) is 0.488. The van der Waals surface area contributed by atoms with E-state index in [-0.39, 0.29) is 47.5 Å². The lowest BCUT2D eigenvalue weighted by atomic mass is 9.74. The van der Waals surface area contributed by atoms with Gasteiger partial charge in [0.05, 0.1) is 20.3 Å². The maximum absolute atomic E-state index is 15.8. The Morgan fingerprint density at radius 1 is 0.804 bits per heavy atom. The van der Waals surface area contributed by atoms with E-state index in [0.29, 0.717) is 31.4 Å². The van der Waals surface area contributed by atoms with Crippen molar-refractivity contribution in [1.29, 1.82) is 0 Å². The number of carbonyl (C=O) groups excluding carboxylic acids is 4. The summed E-state index contributed by atoms with van der Waals surface area (Å²) in [5.41, 5.74) is 9.30. The number of carbonyl (C=O) groups is 4. The lowest BCUT2D eigenvalue weighted by Crippen LogP contribution is -2.54. The highest BCUT2D eigenvalue weighted by Gasteiger charge is 2.40. The number of halogens is 1. The molecule has 4 atom stereocenters. The Kier molecular flexibility index (Phi) is 12.7. The lowest BCUT2D eigenvalue weighted by molar-refractivity contribution is -0.142. The van der Waals surface area contributed by atoms with Crippen molar-refractivity contribution in [3.05, 3.63) is 71.8 Å². The molecule has 2 N–H and O–H groups in total. The minimum atomic E-state index is -0.688. The summed E-state index contributed by atoms with van der Waals surface area (Å²) < 4.78 is 25.3. The predicted molar refractivity (Wildman–Crippen MR) is 214 cm³/mol. The van der Waals surface area contributed by atoms with E-state index >= 15 is 4.39 Å². The second-order valence-electron chi connectivity index (χ2n) is 15.6. The quantitative estimate of drug-likeness (QED) is 0.239. The molecular formula is C43H53FN6O6. The Morgan fingerprint density at radius 3 is 2.09 bits per heavy atom. The Hall–Kier alpha value is -5.33. The molecule has 298 valence electrons. The number of hydrogen-bond acceptors (Lipinski definition) is 8. The maximum Gasteiger partial charge on any atom is 0.425 e. The standard InChI is InChI=1S/C43H53FN6O6/c1-25(2)39(47-42(53)55-5)41(52)49-19-9-12-38(49)37-22-30(23-46-37)27-13-15-28(16-14-27)32-18-17-29(20-35(32)44)31-21-36(45-24-31)33-10-7-8-11-34(33)40(51)50(26(3)4)48-43(54)56-6/h13-18,20,23-26,33-34,38-39H,7-12,19,21-22H2,1-6H3,(H,47,53)(H,48,54)/t33?,34-,38-,39-/m0/s1. The molecule has 4 amide bonds. The van der Waals surface area contributed by atoms with Crippen molar-refractivity contribution < 1.29 is 33.0 Å². The summed E-state index contributed by atoms with van der Waals surface area (Å²) in [6.07, 6.45) is 8.55. The van der Waals surface area contributed by atoms with Gasteiger partial charge in [0.2, 0.25) is 11.8 Å². The first-order valence-corrected chi connectivity index (χ1v) is 19.6. The van der Waals surface area contributed by atoms with Crippen molar-refractivity contribution in [2.75, 3.05) is 20.8 Å². The molecule has 56 heavy (non-hydrogen) atoms. The van der Waals surface area contributed by atoms with Crippen LogP contribution in [0.15, 0.2) is 64.8 Å². The van der Waals surface area contributed by atoms with E-state index in [1.807, 2.05) is 69.1 Å². The van der Waals surface area contributed by atoms with Gasteiger partial charge in [0.15, 0.2) is 0 Å². The number of aliphatic imine (C=N–C) groups is 2. The molecule has 1 unspecified atom stereocenters. The molecule has 12 nitrogen and oxygen atoms in total. The number of hydrazine groups is 1. The van der Waals surface area contributed by atoms with Crippen molar-refractivity contribution in [3.8, 4) is 11.1 Å². The zero-order chi connectivity index (χ0) is 40.1. The van der Waals surface area contributed by atoms with Gasteiger partial charge in [-0.05, 0) is 79.4 Å². The summed E-state index contributed by atoms with van der Waals surface area (Å²) in [7, 11) is 2.55. The van der Waals surface area contributed by atoms with E-state index in [0.717, 1.165) is 71.4 Å². The van der Waals surface area contributed by atoms with Crippen LogP contribution >= 0.6 is 0 Å². The average Bonchev–Trinajstić information content (AvgIpc) is 4.00. The van der Waals surface area contributed by atoms with Gasteiger partial charge in [-0.1, -0.05) is 63.1 Å². The van der Waals surface area contributed by atoms with Crippen molar-refractivity contribution >= 4 is 46.6 Å². The molecule has 2 fully saturated rings. The number of alkyl carbamates (subject to hydrolysis) is 1. The van der Waals surface area contributed by atoms with Crippen molar-refractivity contribution in [2.24, 2.45) is 27.7 Å². The summed E-state index contributed by atoms with van der Waals surface area (Å²) in [6, 6.07) is 12.0. The molecule has 1 aliphatic carbocycles. The third-order valence-corrected chi connectivity index (χ3v) is 11.4. The first kappa shape index (κ1) is 40.3. The molecule has 2 aromatic rings. The molecule has 0 aromatic heterocycles. The number of allylic oxidation sites excluding steroid dienone is 2. The van der Waals surface area contributed by atoms with Gasteiger partial charge in [-0.15, -0.1) is 0 Å². The van der Waals surface area contributed by atoms with Gasteiger partial charge in [0, 0.05) is 66.7 Å². The SMILES string of the molecule is COC(=O)N[C@H](C(=O)N1CCC[C@H]1C1=NC=C(c2ccc(-c3ccc(C4=CN=C(C5CCCC[C@@H]5C(=O)N(NC(=O)OC)C(C)C)C4)cc3F)cc2)C1)C(C)C. The molecule has 0 radical (unpaired) electrons. The van der Waals surface area contributed by atoms with Crippen LogP contribution in [0.2, 0.25) is 0 Å². The highest BCUT2D eigenvalue weighted by Crippen LogP contribution is 2.39. The zero-order valence-corrected chi connectivity index (χ0v) is 33.1. The van der Waals surface area contributed by atoms with Crippen LogP contribution in [0.4, 0.5) is 14.0 Å². The topological polar surface area (TPSA) is 142 Å². The third kappa shape index (κ3) is 8.71. The van der Waals surface area contributed by atoms with Crippen LogP contribution in [-0.4, -0.2) is 84.2 Å². The summed E-state index contributed by atoms with van der Waals surface area (Å²) in [4.78, 5) is 62.5. The number of likely N-dealkylation sites (tertiary alicyclic amines) is 1. The van der Waals surface area contributed by atoms with Gasteiger partial charge >= 0.3 is 12.2 Å². The van der Waals surface area contributed by atoms with Crippen LogP contribution in [-0.2, 0) is 19.1 Å². The van der Waals surface area contributed by atoms with Crippen molar-refractivity contribution in [3.63, 3.8) is 0 Å². The normalized spacial score (nSPS) is 21.2. The molecule has 13 heteroatoms. The van der Waals surface area contributed by atoms with Gasteiger partial charge in [0.1, 0.15) is 11.9 Å². The zero-order valence-electron chi connectivity index (χ0n) is 33.1. The number of methoxy groups -OCH3 is 2. The van der Waals surface area contributed by atoms with E-state index in [9.17, 15) is 19.2 Å². The number of benzene rings is 2. The van der Waals surface area contributed by atoms with Crippen LogP contribution in [0, 0.1) is 23.6 Å². The summed E-state index contributed by atoms with van der Waals surface area (Å²) in [6.45, 7) is 8.08. The fourth-order valence-corrected chi connectivity index (χ4v) is 8.33. The van der Waals surface area contributed by atoms with Crippen LogP contribution < -0.4 is 10.7 Å². The number of rotatable bonds is 10. The Morgan fingerprint density at radius 2 is 1.43 bits per heavy atom. The van der Waals surface area contributed by atoms with Crippen LogP contribution in [0.3, 0.4) is 0 Å². The van der Waals surface area contributed by atoms with E-state index < -0.39 is 18.2 Å². The van der Waals surface area contributed by atoms with Crippen LogP contribution in [0.5, 0.6) is 0 Å². The first-order valence-electron chi connectivity index (χ1n) is 19.6. The van der Waals surface area contributed by atoms with Gasteiger partial charge in [-0.3, -0.25) is 19.6 Å². The Labute approximate surface area is 328 Å². The molecule has 3 aliphatic heterocycles. The van der Waals surface area contributed by atoms with E-state index in [1.54, 1.807) is 18.3 Å². The minimum Gasteiger partial charge on any atom is -0.453 e. The first-order chi connectivity index (χ1) is 26.9. The van der Waals surface area contributed by atoms with Gasteiger partial charge < -0.3 is 19.7 Å². The number of nitrogens with zero attached hydrogens (tertiary/aromatic N) is 4. The van der Waals surface area contributed by atoms with Crippen molar-refractivity contribution in [1.82, 2.24) is 20.7 Å². The van der Waals surface area contributed by atoms with Gasteiger partial charge in [0.25, 0.3) is 0 Å². The number of nitrogens with one attached hydrogen (secondary N) is 2. The largest absolute Gasteiger partial charge is 0.453 e. The highest BCUT2D eigenvalue weighted by molar-refractivity contribution is 6.04. The second kappa shape index (κ2) is 17.6. The molecule has 4 aliphatic rings. The monoisotopic (exact) mass is 768 g/mol. The fourth-order valence-electron chi connectivity index (χ4n) is 8.33. The highest BCUT2D eigenvalue weighted by atomic mass is 19.1. The number of ether oxygens (including phenoxy) is 2. The molecule has 1 saturated heterocycles. The van der Waals surface area contributed by atoms with Crippen LogP contribution in [0.25, 0.3) is 22.3 Å². The number of hydrogen-bond donors (Lipinski definition) is 2.